The predicted octanol–water partition coefficient (Wildman–Crippen LogP) is 1.61. The summed E-state index contributed by atoms with van der Waals surface area (Å²) in [5, 5.41) is 11.5. The number of benzene rings is 1. The molecule has 0 spiro atoms. The highest BCUT2D eigenvalue weighted by Gasteiger charge is 2.24. The number of amides is 1. The van der Waals surface area contributed by atoms with Crippen LogP contribution in [0.4, 0.5) is 0 Å². The summed E-state index contributed by atoms with van der Waals surface area (Å²) in [6.07, 6.45) is -0.259. The van der Waals surface area contributed by atoms with Gasteiger partial charge in [0.15, 0.2) is 6.10 Å². The first-order chi connectivity index (χ1) is 11.1. The zero-order chi connectivity index (χ0) is 16.2. The molecule has 0 saturated heterocycles. The zero-order valence-electron chi connectivity index (χ0n) is 12.4. The highest BCUT2D eigenvalue weighted by Crippen LogP contribution is 2.22. The molecule has 0 bridgehead atoms. The van der Waals surface area contributed by atoms with Gasteiger partial charge in [-0.15, -0.1) is 10.2 Å². The van der Waals surface area contributed by atoms with E-state index in [-0.39, 0.29) is 30.4 Å². The van der Waals surface area contributed by atoms with E-state index in [1.165, 1.54) is 0 Å². The third kappa shape index (κ3) is 3.42. The Bertz CT molecular complexity index is 754. The third-order valence-corrected chi connectivity index (χ3v) is 3.23. The van der Waals surface area contributed by atoms with Gasteiger partial charge >= 0.3 is 5.97 Å². The number of carbonyl (C=O) groups excluding carboxylic acids is 2. The van der Waals surface area contributed by atoms with Crippen LogP contribution in [-0.4, -0.2) is 27.8 Å². The SMILES string of the molecule is C[C@@H](OC(=O)C1=NNC(=O)CC1)c1nnc(-c2ccccc2)o1. The fourth-order valence-corrected chi connectivity index (χ4v) is 2.00. The Labute approximate surface area is 131 Å². The van der Waals surface area contributed by atoms with Crippen molar-refractivity contribution in [2.45, 2.75) is 25.9 Å². The molecular formula is C15H14N4O4. The van der Waals surface area contributed by atoms with E-state index in [0.29, 0.717) is 5.89 Å². The number of hydrogen-bond acceptors (Lipinski definition) is 7. The van der Waals surface area contributed by atoms with Gasteiger partial charge in [-0.05, 0) is 19.1 Å². The molecule has 1 aliphatic heterocycles. The number of carbonyl (C=O) groups is 2. The molecule has 1 aromatic heterocycles. The lowest BCUT2D eigenvalue weighted by molar-refractivity contribution is -0.141. The lowest BCUT2D eigenvalue weighted by Gasteiger charge is -2.13. The van der Waals surface area contributed by atoms with Gasteiger partial charge in [0.1, 0.15) is 5.71 Å². The summed E-state index contributed by atoms with van der Waals surface area (Å²) < 4.78 is 10.8. The normalized spacial score (nSPS) is 15.5. The number of ether oxygens (including phenoxy) is 1. The average molecular weight is 314 g/mol. The third-order valence-electron chi connectivity index (χ3n) is 3.23. The summed E-state index contributed by atoms with van der Waals surface area (Å²) in [7, 11) is 0. The van der Waals surface area contributed by atoms with Crippen molar-refractivity contribution in [2.24, 2.45) is 5.10 Å². The molecule has 0 aliphatic carbocycles. The van der Waals surface area contributed by atoms with Gasteiger partial charge in [-0.3, -0.25) is 4.79 Å². The molecule has 0 radical (unpaired) electrons. The molecule has 8 heteroatoms. The highest BCUT2D eigenvalue weighted by molar-refractivity contribution is 6.37. The quantitative estimate of drug-likeness (QED) is 0.859. The topological polar surface area (TPSA) is 107 Å². The number of rotatable bonds is 4. The summed E-state index contributed by atoms with van der Waals surface area (Å²) in [5.41, 5.74) is 3.20. The largest absolute Gasteiger partial charge is 0.448 e. The zero-order valence-corrected chi connectivity index (χ0v) is 12.4. The Morgan fingerprint density at radius 3 is 2.74 bits per heavy atom. The van der Waals surface area contributed by atoms with E-state index in [9.17, 15) is 9.59 Å². The molecule has 0 saturated carbocycles. The fraction of sp³-hybridized carbons (Fsp3) is 0.267. The summed E-state index contributed by atoms with van der Waals surface area (Å²) in [6.45, 7) is 1.63. The van der Waals surface area contributed by atoms with Gasteiger partial charge in [0.25, 0.3) is 5.89 Å². The minimum atomic E-state index is -0.715. The molecule has 1 aliphatic rings. The number of hydrogen-bond donors (Lipinski definition) is 1. The second-order valence-electron chi connectivity index (χ2n) is 4.95. The summed E-state index contributed by atoms with van der Waals surface area (Å²) >= 11 is 0. The van der Waals surface area contributed by atoms with Gasteiger partial charge in [0, 0.05) is 18.4 Å². The van der Waals surface area contributed by atoms with Crippen LogP contribution < -0.4 is 5.43 Å². The van der Waals surface area contributed by atoms with Crippen LogP contribution in [0.25, 0.3) is 11.5 Å². The van der Waals surface area contributed by atoms with Crippen molar-refractivity contribution in [3.63, 3.8) is 0 Å². The first-order valence-corrected chi connectivity index (χ1v) is 7.08. The number of nitrogens with one attached hydrogen (secondary N) is 1. The van der Waals surface area contributed by atoms with Crippen LogP contribution in [-0.2, 0) is 14.3 Å². The van der Waals surface area contributed by atoms with Gasteiger partial charge in [-0.1, -0.05) is 18.2 Å². The number of hydrazone groups is 1. The number of aromatic nitrogens is 2. The second-order valence-corrected chi connectivity index (χ2v) is 4.95. The molecule has 1 aromatic carbocycles. The lowest BCUT2D eigenvalue weighted by atomic mass is 10.2. The minimum absolute atomic E-state index is 0.166. The van der Waals surface area contributed by atoms with Gasteiger partial charge in [0.2, 0.25) is 11.8 Å². The molecule has 23 heavy (non-hydrogen) atoms. The van der Waals surface area contributed by atoms with E-state index in [2.05, 4.69) is 20.7 Å². The summed E-state index contributed by atoms with van der Waals surface area (Å²) in [4.78, 5) is 23.0. The molecule has 0 fully saturated rings. The molecule has 2 heterocycles. The molecular weight excluding hydrogens is 300 g/mol. The number of esters is 1. The number of nitrogens with zero attached hydrogens (tertiary/aromatic N) is 3. The predicted molar refractivity (Wildman–Crippen MR) is 79.1 cm³/mol. The molecule has 2 aromatic rings. The van der Waals surface area contributed by atoms with Crippen LogP contribution in [0, 0.1) is 0 Å². The summed E-state index contributed by atoms with van der Waals surface area (Å²) in [6, 6.07) is 9.28. The Hall–Kier alpha value is -3.03. The lowest BCUT2D eigenvalue weighted by Crippen LogP contribution is -2.31. The Kier molecular flexibility index (Phi) is 4.13. The van der Waals surface area contributed by atoms with E-state index in [1.54, 1.807) is 6.92 Å². The van der Waals surface area contributed by atoms with Crippen molar-refractivity contribution in [3.05, 3.63) is 36.2 Å². The van der Waals surface area contributed by atoms with Crippen molar-refractivity contribution < 1.29 is 18.7 Å². The van der Waals surface area contributed by atoms with Crippen molar-refractivity contribution in [2.75, 3.05) is 0 Å². The maximum atomic E-state index is 12.0. The molecule has 8 nitrogen and oxygen atoms in total. The average Bonchev–Trinajstić information content (AvgIpc) is 3.06. The van der Waals surface area contributed by atoms with Crippen LogP contribution in [0.15, 0.2) is 39.9 Å². The minimum Gasteiger partial charge on any atom is -0.448 e. The smallest absolute Gasteiger partial charge is 0.355 e. The van der Waals surface area contributed by atoms with E-state index in [1.807, 2.05) is 30.3 Å². The van der Waals surface area contributed by atoms with Crippen molar-refractivity contribution >= 4 is 17.6 Å². The maximum absolute atomic E-state index is 12.0. The van der Waals surface area contributed by atoms with Crippen molar-refractivity contribution in [1.29, 1.82) is 0 Å². The second kappa shape index (κ2) is 6.39. The standard InChI is InChI=1S/C15H14N4O4/c1-9(22-15(21)11-7-8-12(20)17-16-11)13-18-19-14(23-13)10-5-3-2-4-6-10/h2-6,9H,7-8H2,1H3,(H,17,20)/t9-/m1/s1. The van der Waals surface area contributed by atoms with Gasteiger partial charge < -0.3 is 9.15 Å². The van der Waals surface area contributed by atoms with E-state index >= 15 is 0 Å². The van der Waals surface area contributed by atoms with E-state index in [0.717, 1.165) is 5.56 Å². The first kappa shape index (κ1) is 14.9. The van der Waals surface area contributed by atoms with Crippen molar-refractivity contribution in [3.8, 4) is 11.5 Å². The van der Waals surface area contributed by atoms with Gasteiger partial charge in [-0.25, -0.2) is 10.2 Å². The van der Waals surface area contributed by atoms with Crippen molar-refractivity contribution in [1.82, 2.24) is 15.6 Å². The van der Waals surface area contributed by atoms with Crippen LogP contribution in [0.3, 0.4) is 0 Å². The van der Waals surface area contributed by atoms with Crippen LogP contribution in [0.5, 0.6) is 0 Å². The molecule has 0 unspecified atom stereocenters. The summed E-state index contributed by atoms with van der Waals surface area (Å²) in [5.74, 6) is -0.292. The monoisotopic (exact) mass is 314 g/mol. The Balaban J connectivity index is 1.67. The molecule has 3 rings (SSSR count). The molecule has 1 atom stereocenters. The molecule has 1 N–H and O–H groups in total. The van der Waals surface area contributed by atoms with Gasteiger partial charge in [-0.2, -0.15) is 5.10 Å². The van der Waals surface area contributed by atoms with E-state index in [4.69, 9.17) is 9.15 Å². The Morgan fingerprint density at radius 1 is 1.26 bits per heavy atom. The maximum Gasteiger partial charge on any atom is 0.355 e. The molecule has 118 valence electrons. The van der Waals surface area contributed by atoms with Crippen LogP contribution in [0.2, 0.25) is 0 Å². The van der Waals surface area contributed by atoms with E-state index < -0.39 is 12.1 Å². The van der Waals surface area contributed by atoms with Crippen LogP contribution in [0.1, 0.15) is 31.8 Å². The van der Waals surface area contributed by atoms with Gasteiger partial charge in [0.05, 0.1) is 0 Å². The first-order valence-electron chi connectivity index (χ1n) is 7.08. The fourth-order valence-electron chi connectivity index (χ4n) is 2.00. The Morgan fingerprint density at radius 2 is 2.04 bits per heavy atom. The highest BCUT2D eigenvalue weighted by atomic mass is 16.6. The van der Waals surface area contributed by atoms with Crippen LogP contribution >= 0.6 is 0 Å². The molecule has 1 amide bonds.